The minimum absolute atomic E-state index is 0.0370. The Morgan fingerprint density at radius 1 is 1.25 bits per heavy atom. The SMILES string of the molecule is COc1cc2c(cc1OC)[C@H](NC(=O)CCc1nnc3ccc(Cl)nn13)CC2. The number of carbonyl (C=O) groups excluding carboxylic acids is 1. The van der Waals surface area contributed by atoms with Crippen molar-refractivity contribution in [1.82, 2.24) is 25.1 Å². The lowest BCUT2D eigenvalue weighted by molar-refractivity contribution is -0.121. The maximum Gasteiger partial charge on any atom is 0.220 e. The molecule has 0 saturated carbocycles. The molecule has 8 nitrogen and oxygen atoms in total. The Bertz CT molecular complexity index is 1040. The van der Waals surface area contributed by atoms with Gasteiger partial charge in [-0.05, 0) is 48.2 Å². The summed E-state index contributed by atoms with van der Waals surface area (Å²) in [5.41, 5.74) is 2.85. The molecule has 146 valence electrons. The molecule has 2 aromatic heterocycles. The number of benzene rings is 1. The number of hydrogen-bond donors (Lipinski definition) is 1. The van der Waals surface area contributed by atoms with Crippen molar-refractivity contribution in [3.63, 3.8) is 0 Å². The number of fused-ring (bicyclic) bond motifs is 2. The van der Waals surface area contributed by atoms with Crippen LogP contribution in [0.3, 0.4) is 0 Å². The molecule has 1 aliphatic rings. The van der Waals surface area contributed by atoms with Crippen LogP contribution in [0, 0.1) is 0 Å². The van der Waals surface area contributed by atoms with E-state index in [0.717, 1.165) is 18.4 Å². The van der Waals surface area contributed by atoms with Crippen molar-refractivity contribution < 1.29 is 14.3 Å². The topological polar surface area (TPSA) is 90.6 Å². The predicted molar refractivity (Wildman–Crippen MR) is 103 cm³/mol. The Balaban J connectivity index is 1.43. The van der Waals surface area contributed by atoms with Gasteiger partial charge in [0, 0.05) is 12.8 Å². The molecule has 1 aromatic carbocycles. The first-order chi connectivity index (χ1) is 13.6. The summed E-state index contributed by atoms with van der Waals surface area (Å²) in [6, 6.07) is 7.29. The number of nitrogens with one attached hydrogen (secondary N) is 1. The molecule has 0 saturated heterocycles. The van der Waals surface area contributed by atoms with Gasteiger partial charge in [-0.15, -0.1) is 10.2 Å². The van der Waals surface area contributed by atoms with Gasteiger partial charge in [-0.1, -0.05) is 11.6 Å². The number of carbonyl (C=O) groups is 1. The number of nitrogens with zero attached hydrogens (tertiary/aromatic N) is 4. The third-order valence-electron chi connectivity index (χ3n) is 4.93. The van der Waals surface area contributed by atoms with Gasteiger partial charge in [-0.2, -0.15) is 9.61 Å². The van der Waals surface area contributed by atoms with Crippen molar-refractivity contribution in [3.05, 3.63) is 46.4 Å². The van der Waals surface area contributed by atoms with Gasteiger partial charge in [0.2, 0.25) is 5.91 Å². The summed E-state index contributed by atoms with van der Waals surface area (Å²) < 4.78 is 12.3. The summed E-state index contributed by atoms with van der Waals surface area (Å²) >= 11 is 5.93. The number of ether oxygens (including phenoxy) is 2. The summed E-state index contributed by atoms with van der Waals surface area (Å²) in [6.07, 6.45) is 2.44. The molecule has 1 amide bonds. The predicted octanol–water partition coefficient (Wildman–Crippen LogP) is 2.53. The largest absolute Gasteiger partial charge is 0.493 e. The van der Waals surface area contributed by atoms with Crippen molar-refractivity contribution in [2.75, 3.05) is 14.2 Å². The summed E-state index contributed by atoms with van der Waals surface area (Å²) in [5, 5.41) is 15.8. The highest BCUT2D eigenvalue weighted by Crippen LogP contribution is 2.39. The summed E-state index contributed by atoms with van der Waals surface area (Å²) in [4.78, 5) is 12.5. The fourth-order valence-electron chi connectivity index (χ4n) is 3.54. The molecule has 1 aliphatic carbocycles. The van der Waals surface area contributed by atoms with Crippen LogP contribution in [0.1, 0.15) is 35.8 Å². The van der Waals surface area contributed by atoms with Gasteiger partial charge in [0.05, 0.1) is 20.3 Å². The molecule has 0 aliphatic heterocycles. The van der Waals surface area contributed by atoms with Crippen molar-refractivity contribution in [3.8, 4) is 11.5 Å². The zero-order chi connectivity index (χ0) is 19.7. The highest BCUT2D eigenvalue weighted by Gasteiger charge is 2.26. The number of halogens is 1. The highest BCUT2D eigenvalue weighted by atomic mass is 35.5. The number of hydrogen-bond acceptors (Lipinski definition) is 6. The standard InChI is InChI=1S/C19H20ClN5O3/c1-27-14-9-11-3-4-13(12(11)10-15(14)28-2)21-19(26)8-7-18-23-22-17-6-5-16(20)24-25(17)18/h5-6,9-10,13H,3-4,7-8H2,1-2H3,(H,21,26)/t13-/m1/s1. The monoisotopic (exact) mass is 401 g/mol. The van der Waals surface area contributed by atoms with E-state index in [1.165, 1.54) is 5.56 Å². The summed E-state index contributed by atoms with van der Waals surface area (Å²) in [7, 11) is 3.23. The molecule has 0 spiro atoms. The third kappa shape index (κ3) is 3.47. The molecular weight excluding hydrogens is 382 g/mol. The van der Waals surface area contributed by atoms with E-state index in [-0.39, 0.29) is 18.4 Å². The molecule has 0 bridgehead atoms. The zero-order valence-electron chi connectivity index (χ0n) is 15.6. The Labute approximate surface area is 166 Å². The molecule has 2 heterocycles. The van der Waals surface area contributed by atoms with E-state index in [1.807, 2.05) is 12.1 Å². The Morgan fingerprint density at radius 3 is 2.82 bits per heavy atom. The van der Waals surface area contributed by atoms with E-state index in [1.54, 1.807) is 30.9 Å². The van der Waals surface area contributed by atoms with E-state index in [4.69, 9.17) is 21.1 Å². The lowest BCUT2D eigenvalue weighted by Gasteiger charge is -2.16. The number of aromatic nitrogens is 4. The number of aryl methyl sites for hydroxylation is 2. The van der Waals surface area contributed by atoms with Crippen molar-refractivity contribution >= 4 is 23.2 Å². The van der Waals surface area contributed by atoms with Crippen molar-refractivity contribution in [2.45, 2.75) is 31.7 Å². The van der Waals surface area contributed by atoms with Gasteiger partial charge in [-0.25, -0.2) is 0 Å². The van der Waals surface area contributed by atoms with Gasteiger partial charge in [0.1, 0.15) is 5.15 Å². The lowest BCUT2D eigenvalue weighted by Crippen LogP contribution is -2.27. The second-order valence-corrected chi connectivity index (χ2v) is 6.99. The smallest absolute Gasteiger partial charge is 0.220 e. The van der Waals surface area contributed by atoms with E-state index < -0.39 is 0 Å². The molecule has 0 radical (unpaired) electrons. The van der Waals surface area contributed by atoms with Gasteiger partial charge < -0.3 is 14.8 Å². The molecule has 9 heteroatoms. The maximum atomic E-state index is 12.5. The normalized spacial score (nSPS) is 15.5. The minimum atomic E-state index is -0.0496. The molecular formula is C19H20ClN5O3. The minimum Gasteiger partial charge on any atom is -0.493 e. The first-order valence-electron chi connectivity index (χ1n) is 9.00. The quantitative estimate of drug-likeness (QED) is 0.682. The van der Waals surface area contributed by atoms with Crippen LogP contribution in [0.5, 0.6) is 11.5 Å². The van der Waals surface area contributed by atoms with Gasteiger partial charge in [0.15, 0.2) is 23.0 Å². The number of amides is 1. The second-order valence-electron chi connectivity index (χ2n) is 6.61. The van der Waals surface area contributed by atoms with Crippen LogP contribution < -0.4 is 14.8 Å². The van der Waals surface area contributed by atoms with E-state index >= 15 is 0 Å². The highest BCUT2D eigenvalue weighted by molar-refractivity contribution is 6.29. The van der Waals surface area contributed by atoms with Crippen LogP contribution >= 0.6 is 11.6 Å². The van der Waals surface area contributed by atoms with Crippen LogP contribution in [-0.4, -0.2) is 39.9 Å². The fourth-order valence-corrected chi connectivity index (χ4v) is 3.68. The van der Waals surface area contributed by atoms with Crippen LogP contribution in [-0.2, 0) is 17.6 Å². The average Bonchev–Trinajstić information content (AvgIpc) is 3.28. The number of methoxy groups -OCH3 is 2. The summed E-state index contributed by atoms with van der Waals surface area (Å²) in [5.74, 6) is 1.93. The molecule has 0 unspecified atom stereocenters. The van der Waals surface area contributed by atoms with Crippen LogP contribution in [0.15, 0.2) is 24.3 Å². The average molecular weight is 402 g/mol. The van der Waals surface area contributed by atoms with E-state index in [0.29, 0.717) is 34.5 Å². The summed E-state index contributed by atoms with van der Waals surface area (Å²) in [6.45, 7) is 0. The van der Waals surface area contributed by atoms with E-state index in [2.05, 4.69) is 20.6 Å². The van der Waals surface area contributed by atoms with Crippen LogP contribution in [0.25, 0.3) is 5.65 Å². The Morgan fingerprint density at radius 2 is 2.04 bits per heavy atom. The first kappa shape index (κ1) is 18.5. The maximum absolute atomic E-state index is 12.5. The Hall–Kier alpha value is -2.87. The Kier molecular flexibility index (Phi) is 5.04. The third-order valence-corrected chi connectivity index (χ3v) is 5.13. The first-order valence-corrected chi connectivity index (χ1v) is 9.38. The molecule has 3 aromatic rings. The second kappa shape index (κ2) is 7.63. The van der Waals surface area contributed by atoms with Crippen LogP contribution in [0.4, 0.5) is 0 Å². The fraction of sp³-hybridized carbons (Fsp3) is 0.368. The van der Waals surface area contributed by atoms with Crippen molar-refractivity contribution in [2.24, 2.45) is 0 Å². The number of rotatable bonds is 6. The molecule has 1 N–H and O–H groups in total. The molecule has 0 fully saturated rings. The van der Waals surface area contributed by atoms with Gasteiger partial charge in [0.25, 0.3) is 0 Å². The van der Waals surface area contributed by atoms with E-state index in [9.17, 15) is 4.79 Å². The van der Waals surface area contributed by atoms with Gasteiger partial charge in [-0.3, -0.25) is 4.79 Å². The molecule has 1 atom stereocenters. The van der Waals surface area contributed by atoms with Crippen LogP contribution in [0.2, 0.25) is 5.15 Å². The zero-order valence-corrected chi connectivity index (χ0v) is 16.4. The van der Waals surface area contributed by atoms with Crippen molar-refractivity contribution in [1.29, 1.82) is 0 Å². The molecule has 4 rings (SSSR count). The van der Waals surface area contributed by atoms with Gasteiger partial charge >= 0.3 is 0 Å². The lowest BCUT2D eigenvalue weighted by atomic mass is 10.1. The molecule has 28 heavy (non-hydrogen) atoms.